The quantitative estimate of drug-likeness (QED) is 0.905. The van der Waals surface area contributed by atoms with Crippen LogP contribution in [0.5, 0.6) is 5.75 Å². The summed E-state index contributed by atoms with van der Waals surface area (Å²) < 4.78 is 6.06. The molecule has 3 nitrogen and oxygen atoms in total. The third-order valence-electron chi connectivity index (χ3n) is 2.69. The smallest absolute Gasteiger partial charge is 0.252 e. The van der Waals surface area contributed by atoms with E-state index < -0.39 is 0 Å². The molecule has 1 aromatic carbocycles. The second kappa shape index (κ2) is 6.73. The van der Waals surface area contributed by atoms with Crippen molar-refractivity contribution in [2.24, 2.45) is 0 Å². The summed E-state index contributed by atoms with van der Waals surface area (Å²) in [6, 6.07) is 9.69. The van der Waals surface area contributed by atoms with Crippen LogP contribution in [0.2, 0.25) is 0 Å². The number of amides is 1. The van der Waals surface area contributed by atoms with Gasteiger partial charge in [0.25, 0.3) is 5.91 Å². The topological polar surface area (TPSA) is 38.3 Å². The van der Waals surface area contributed by atoms with Crippen LogP contribution >= 0.6 is 27.3 Å². The van der Waals surface area contributed by atoms with Crippen LogP contribution in [-0.2, 0) is 6.42 Å². The fourth-order valence-electron chi connectivity index (χ4n) is 1.64. The predicted molar refractivity (Wildman–Crippen MR) is 81.1 cm³/mol. The van der Waals surface area contributed by atoms with Crippen LogP contribution in [0, 0.1) is 0 Å². The molecule has 1 N–H and O–H groups in total. The highest BCUT2D eigenvalue weighted by atomic mass is 79.9. The van der Waals surface area contributed by atoms with Gasteiger partial charge in [-0.25, -0.2) is 0 Å². The van der Waals surface area contributed by atoms with Gasteiger partial charge in [0, 0.05) is 11.9 Å². The lowest BCUT2D eigenvalue weighted by atomic mass is 10.1. The van der Waals surface area contributed by atoms with Crippen molar-refractivity contribution in [3.05, 3.63) is 50.6 Å². The Hall–Kier alpha value is -1.33. The van der Waals surface area contributed by atoms with Gasteiger partial charge in [0.1, 0.15) is 5.75 Å². The first-order valence-electron chi connectivity index (χ1n) is 5.84. The molecule has 2 aromatic rings. The minimum Gasteiger partial charge on any atom is -0.497 e. The molecule has 1 heterocycles. The SMILES string of the molecule is COc1ccc(CCNC(=O)c2csc(Br)c2)cc1. The second-order valence-electron chi connectivity index (χ2n) is 3.99. The average Bonchev–Trinajstić information content (AvgIpc) is 2.86. The van der Waals surface area contributed by atoms with Crippen molar-refractivity contribution < 1.29 is 9.53 Å². The normalized spacial score (nSPS) is 10.2. The molecule has 19 heavy (non-hydrogen) atoms. The van der Waals surface area contributed by atoms with Gasteiger partial charge in [0.2, 0.25) is 0 Å². The fraction of sp³-hybridized carbons (Fsp3) is 0.214. The molecule has 100 valence electrons. The van der Waals surface area contributed by atoms with Gasteiger partial charge in [-0.2, -0.15) is 0 Å². The number of hydrogen-bond acceptors (Lipinski definition) is 3. The summed E-state index contributed by atoms with van der Waals surface area (Å²) in [7, 11) is 1.65. The molecule has 0 spiro atoms. The Morgan fingerprint density at radius 2 is 2.11 bits per heavy atom. The number of thiophene rings is 1. The molecule has 0 aliphatic rings. The van der Waals surface area contributed by atoms with E-state index in [0.29, 0.717) is 12.1 Å². The molecule has 2 rings (SSSR count). The Morgan fingerprint density at radius 3 is 2.68 bits per heavy atom. The maximum atomic E-state index is 11.8. The fourth-order valence-corrected chi connectivity index (χ4v) is 2.78. The first-order chi connectivity index (χ1) is 9.19. The maximum absolute atomic E-state index is 11.8. The molecule has 0 radical (unpaired) electrons. The number of benzene rings is 1. The van der Waals surface area contributed by atoms with Gasteiger partial charge in [0.15, 0.2) is 0 Å². The van der Waals surface area contributed by atoms with Crippen LogP contribution < -0.4 is 10.1 Å². The molecule has 0 fully saturated rings. The molecule has 0 aliphatic heterocycles. The lowest BCUT2D eigenvalue weighted by Crippen LogP contribution is -2.25. The molecular formula is C14H14BrNO2S. The minimum atomic E-state index is -0.0320. The summed E-state index contributed by atoms with van der Waals surface area (Å²) >= 11 is 4.85. The van der Waals surface area contributed by atoms with Gasteiger partial charge >= 0.3 is 0 Å². The maximum Gasteiger partial charge on any atom is 0.252 e. The van der Waals surface area contributed by atoms with Crippen molar-refractivity contribution in [1.29, 1.82) is 0 Å². The molecule has 0 bridgehead atoms. The number of carbonyl (C=O) groups is 1. The van der Waals surface area contributed by atoms with Crippen molar-refractivity contribution in [3.8, 4) is 5.75 Å². The van der Waals surface area contributed by atoms with Gasteiger partial charge in [-0.15, -0.1) is 11.3 Å². The molecule has 0 saturated carbocycles. The van der Waals surface area contributed by atoms with E-state index in [1.807, 2.05) is 35.7 Å². The Labute approximate surface area is 124 Å². The number of hydrogen-bond donors (Lipinski definition) is 1. The number of methoxy groups -OCH3 is 1. The zero-order valence-corrected chi connectivity index (χ0v) is 12.9. The third-order valence-corrected chi connectivity index (χ3v) is 4.19. The molecule has 1 aromatic heterocycles. The summed E-state index contributed by atoms with van der Waals surface area (Å²) in [5, 5.41) is 4.75. The Kier molecular flexibility index (Phi) is 4.99. The van der Waals surface area contributed by atoms with E-state index in [0.717, 1.165) is 16.0 Å². The third kappa shape index (κ3) is 4.08. The molecule has 0 unspecified atom stereocenters. The number of rotatable bonds is 5. The zero-order valence-electron chi connectivity index (χ0n) is 10.5. The van der Waals surface area contributed by atoms with Crippen LogP contribution in [0.15, 0.2) is 39.5 Å². The predicted octanol–water partition coefficient (Wildman–Crippen LogP) is 3.49. The minimum absolute atomic E-state index is 0.0320. The molecule has 0 aliphatic carbocycles. The first kappa shape index (κ1) is 14.1. The summed E-state index contributed by atoms with van der Waals surface area (Å²) in [4.78, 5) is 11.8. The molecule has 0 atom stereocenters. The summed E-state index contributed by atoms with van der Waals surface area (Å²) in [6.45, 7) is 0.624. The number of carbonyl (C=O) groups excluding carboxylic acids is 1. The summed E-state index contributed by atoms with van der Waals surface area (Å²) in [5.74, 6) is 0.811. The highest BCUT2D eigenvalue weighted by molar-refractivity contribution is 9.11. The lowest BCUT2D eigenvalue weighted by molar-refractivity contribution is 0.0954. The van der Waals surface area contributed by atoms with Gasteiger partial charge in [-0.1, -0.05) is 12.1 Å². The summed E-state index contributed by atoms with van der Waals surface area (Å²) in [5.41, 5.74) is 1.87. The van der Waals surface area contributed by atoms with Crippen LogP contribution in [0.1, 0.15) is 15.9 Å². The van der Waals surface area contributed by atoms with Crippen molar-refractivity contribution in [3.63, 3.8) is 0 Å². The molecule has 1 amide bonds. The van der Waals surface area contributed by atoms with E-state index in [1.54, 1.807) is 7.11 Å². The van der Waals surface area contributed by atoms with E-state index in [2.05, 4.69) is 21.2 Å². The highest BCUT2D eigenvalue weighted by Gasteiger charge is 2.06. The van der Waals surface area contributed by atoms with Gasteiger partial charge in [-0.3, -0.25) is 4.79 Å². The number of nitrogens with one attached hydrogen (secondary N) is 1. The number of halogens is 1. The van der Waals surface area contributed by atoms with Crippen LogP contribution in [0.3, 0.4) is 0 Å². The van der Waals surface area contributed by atoms with Crippen LogP contribution in [0.4, 0.5) is 0 Å². The van der Waals surface area contributed by atoms with Crippen molar-refractivity contribution in [2.45, 2.75) is 6.42 Å². The zero-order chi connectivity index (χ0) is 13.7. The number of ether oxygens (including phenoxy) is 1. The van der Waals surface area contributed by atoms with E-state index in [-0.39, 0.29) is 5.91 Å². The Bertz CT molecular complexity index is 551. The second-order valence-corrected chi connectivity index (χ2v) is 6.28. The van der Waals surface area contributed by atoms with Crippen molar-refractivity contribution >= 4 is 33.2 Å². The molecule has 0 saturated heterocycles. The highest BCUT2D eigenvalue weighted by Crippen LogP contribution is 2.20. The molecular weight excluding hydrogens is 326 g/mol. The van der Waals surface area contributed by atoms with Gasteiger partial charge in [-0.05, 0) is 46.1 Å². The van der Waals surface area contributed by atoms with E-state index in [1.165, 1.54) is 16.9 Å². The van der Waals surface area contributed by atoms with Crippen LogP contribution in [0.25, 0.3) is 0 Å². The monoisotopic (exact) mass is 339 g/mol. The van der Waals surface area contributed by atoms with Crippen molar-refractivity contribution in [2.75, 3.05) is 13.7 Å². The van der Waals surface area contributed by atoms with Crippen molar-refractivity contribution in [1.82, 2.24) is 5.32 Å². The lowest BCUT2D eigenvalue weighted by Gasteiger charge is -2.05. The van der Waals surface area contributed by atoms with Gasteiger partial charge in [0.05, 0.1) is 16.5 Å². The summed E-state index contributed by atoms with van der Waals surface area (Å²) in [6.07, 6.45) is 0.807. The standard InChI is InChI=1S/C14H14BrNO2S/c1-18-12-4-2-10(3-5-12)6-7-16-14(17)11-8-13(15)19-9-11/h2-5,8-9H,6-7H2,1H3,(H,16,17). The Morgan fingerprint density at radius 1 is 1.37 bits per heavy atom. The molecule has 5 heteroatoms. The first-order valence-corrected chi connectivity index (χ1v) is 7.51. The van der Waals surface area contributed by atoms with E-state index in [9.17, 15) is 4.79 Å². The van der Waals surface area contributed by atoms with Gasteiger partial charge < -0.3 is 10.1 Å². The van der Waals surface area contributed by atoms with E-state index >= 15 is 0 Å². The Balaban J connectivity index is 1.81. The largest absolute Gasteiger partial charge is 0.497 e. The van der Waals surface area contributed by atoms with E-state index in [4.69, 9.17) is 4.74 Å². The average molecular weight is 340 g/mol. The van der Waals surface area contributed by atoms with Crippen LogP contribution in [-0.4, -0.2) is 19.6 Å².